The molecule has 1 aliphatic heterocycles. The molecule has 0 amide bonds. The third-order valence-corrected chi connectivity index (χ3v) is 1.47. The zero-order chi connectivity index (χ0) is 8.48. The Kier molecular flexibility index (Phi) is 1.81. The van der Waals surface area contributed by atoms with E-state index in [4.69, 9.17) is 4.74 Å². The molecule has 3 heteroatoms. The Morgan fingerprint density at radius 1 is 1.73 bits per heavy atom. The van der Waals surface area contributed by atoms with Crippen LogP contribution >= 0.6 is 0 Å². The van der Waals surface area contributed by atoms with Crippen LogP contribution in [-0.4, -0.2) is 18.7 Å². The molecule has 60 valence electrons. The number of aldehydes is 1. The molecular formula is C8H10O3. The number of rotatable bonds is 2. The van der Waals surface area contributed by atoms with Crippen LogP contribution in [0, 0.1) is 5.41 Å². The van der Waals surface area contributed by atoms with Crippen molar-refractivity contribution in [1.82, 2.24) is 0 Å². The fraction of sp³-hybridized carbons (Fsp3) is 0.500. The van der Waals surface area contributed by atoms with Crippen molar-refractivity contribution in [3.8, 4) is 0 Å². The lowest BCUT2D eigenvalue weighted by molar-refractivity contribution is -0.129. The molecule has 0 aromatic heterocycles. The molecular weight excluding hydrogens is 144 g/mol. The molecule has 0 radical (unpaired) electrons. The summed E-state index contributed by atoms with van der Waals surface area (Å²) in [6, 6.07) is 0. The Bertz CT molecular complexity index is 225. The number of ether oxygens (including phenoxy) is 1. The number of hydrogen-bond donors (Lipinski definition) is 0. The summed E-state index contributed by atoms with van der Waals surface area (Å²) in [6.07, 6.45) is 1.96. The van der Waals surface area contributed by atoms with Crippen LogP contribution < -0.4 is 0 Å². The van der Waals surface area contributed by atoms with Crippen LogP contribution in [0.1, 0.15) is 13.8 Å². The molecule has 0 unspecified atom stereocenters. The van der Waals surface area contributed by atoms with E-state index in [9.17, 15) is 9.59 Å². The summed E-state index contributed by atoms with van der Waals surface area (Å²) < 4.78 is 5.00. The van der Waals surface area contributed by atoms with Gasteiger partial charge in [-0.15, -0.1) is 0 Å². The van der Waals surface area contributed by atoms with Crippen LogP contribution in [0.4, 0.5) is 0 Å². The zero-order valence-electron chi connectivity index (χ0n) is 6.59. The number of carbonyl (C=O) groups excluding carboxylic acids is 2. The lowest BCUT2D eigenvalue weighted by Crippen LogP contribution is -2.08. The highest BCUT2D eigenvalue weighted by Gasteiger charge is 2.27. The summed E-state index contributed by atoms with van der Waals surface area (Å²) in [7, 11) is 0. The van der Waals surface area contributed by atoms with Gasteiger partial charge in [-0.2, -0.15) is 0 Å². The monoisotopic (exact) mass is 154 g/mol. The molecule has 0 spiro atoms. The number of ketones is 1. The summed E-state index contributed by atoms with van der Waals surface area (Å²) >= 11 is 0. The number of carbonyl (C=O) groups is 2. The second-order valence-electron chi connectivity index (χ2n) is 3.27. The average Bonchev–Trinajstić information content (AvgIpc) is 2.29. The van der Waals surface area contributed by atoms with Crippen molar-refractivity contribution in [3.63, 3.8) is 0 Å². The quantitative estimate of drug-likeness (QED) is 0.434. The average molecular weight is 154 g/mol. The van der Waals surface area contributed by atoms with E-state index in [2.05, 4.69) is 0 Å². The summed E-state index contributed by atoms with van der Waals surface area (Å²) in [4.78, 5) is 20.8. The topological polar surface area (TPSA) is 43.4 Å². The molecule has 1 heterocycles. The molecule has 3 nitrogen and oxygen atoms in total. The molecule has 0 atom stereocenters. The van der Waals surface area contributed by atoms with E-state index in [1.807, 2.05) is 13.8 Å². The minimum Gasteiger partial charge on any atom is -0.489 e. The molecule has 0 bridgehead atoms. The Labute approximate surface area is 65.0 Å². The van der Waals surface area contributed by atoms with Crippen molar-refractivity contribution >= 4 is 12.1 Å². The lowest BCUT2D eigenvalue weighted by atomic mass is 9.96. The first-order chi connectivity index (χ1) is 5.05. The van der Waals surface area contributed by atoms with E-state index >= 15 is 0 Å². The van der Waals surface area contributed by atoms with Gasteiger partial charge in [0.25, 0.3) is 5.78 Å². The van der Waals surface area contributed by atoms with E-state index in [1.165, 1.54) is 0 Å². The van der Waals surface area contributed by atoms with Gasteiger partial charge in [0.2, 0.25) is 0 Å². The van der Waals surface area contributed by atoms with Gasteiger partial charge >= 0.3 is 0 Å². The largest absolute Gasteiger partial charge is 0.489 e. The SMILES string of the molecule is CC1(C)C=C(C(=O)C=O)OC1. The molecule has 0 aliphatic carbocycles. The maximum atomic E-state index is 10.7. The molecule has 0 saturated heterocycles. The van der Waals surface area contributed by atoms with Gasteiger partial charge < -0.3 is 4.74 Å². The van der Waals surface area contributed by atoms with Gasteiger partial charge in [0, 0.05) is 5.41 Å². The van der Waals surface area contributed by atoms with E-state index in [1.54, 1.807) is 6.08 Å². The van der Waals surface area contributed by atoms with Crippen LogP contribution in [0.3, 0.4) is 0 Å². The van der Waals surface area contributed by atoms with Crippen molar-refractivity contribution in [2.45, 2.75) is 13.8 Å². The smallest absolute Gasteiger partial charge is 0.259 e. The second-order valence-corrected chi connectivity index (χ2v) is 3.27. The van der Waals surface area contributed by atoms with Gasteiger partial charge in [0.15, 0.2) is 12.0 Å². The van der Waals surface area contributed by atoms with Gasteiger partial charge in [0.05, 0.1) is 6.61 Å². The first-order valence-corrected chi connectivity index (χ1v) is 3.40. The molecule has 0 fully saturated rings. The highest BCUT2D eigenvalue weighted by Crippen LogP contribution is 2.27. The lowest BCUT2D eigenvalue weighted by Gasteiger charge is -2.09. The maximum absolute atomic E-state index is 10.7. The standard InChI is InChI=1S/C8H10O3/c1-8(2)3-7(11-5-8)6(10)4-9/h3-4H,5H2,1-2H3. The van der Waals surface area contributed by atoms with Crippen LogP contribution in [-0.2, 0) is 14.3 Å². The summed E-state index contributed by atoms with van der Waals surface area (Å²) in [5.41, 5.74) is -0.117. The normalized spacial score (nSPS) is 20.4. The third-order valence-electron chi connectivity index (χ3n) is 1.47. The minimum absolute atomic E-state index is 0.117. The van der Waals surface area contributed by atoms with Crippen LogP contribution in [0.2, 0.25) is 0 Å². The maximum Gasteiger partial charge on any atom is 0.259 e. The van der Waals surface area contributed by atoms with E-state index in [-0.39, 0.29) is 17.5 Å². The first kappa shape index (κ1) is 7.98. The molecule has 0 aromatic carbocycles. The molecule has 1 rings (SSSR count). The van der Waals surface area contributed by atoms with Gasteiger partial charge in [-0.05, 0) is 6.08 Å². The van der Waals surface area contributed by atoms with E-state index in [0.29, 0.717) is 6.61 Å². The summed E-state index contributed by atoms with van der Waals surface area (Å²) in [5, 5.41) is 0. The van der Waals surface area contributed by atoms with Gasteiger partial charge in [-0.1, -0.05) is 13.8 Å². The van der Waals surface area contributed by atoms with Crippen LogP contribution in [0.25, 0.3) is 0 Å². The minimum atomic E-state index is -0.574. The molecule has 0 aromatic rings. The van der Waals surface area contributed by atoms with Crippen molar-refractivity contribution < 1.29 is 14.3 Å². The zero-order valence-corrected chi connectivity index (χ0v) is 6.59. The summed E-state index contributed by atoms with van der Waals surface area (Å²) in [6.45, 7) is 4.36. The predicted octanol–water partition coefficient (Wildman–Crippen LogP) is 0.695. The van der Waals surface area contributed by atoms with Crippen molar-refractivity contribution in [3.05, 3.63) is 11.8 Å². The van der Waals surface area contributed by atoms with Crippen molar-refractivity contribution in [2.24, 2.45) is 5.41 Å². The van der Waals surface area contributed by atoms with Crippen molar-refractivity contribution in [2.75, 3.05) is 6.61 Å². The Balaban J connectivity index is 2.78. The predicted molar refractivity (Wildman–Crippen MR) is 38.9 cm³/mol. The van der Waals surface area contributed by atoms with Gasteiger partial charge in [-0.25, -0.2) is 0 Å². The summed E-state index contributed by atoms with van der Waals surface area (Å²) in [5.74, 6) is -0.388. The highest BCUT2D eigenvalue weighted by atomic mass is 16.5. The van der Waals surface area contributed by atoms with Crippen molar-refractivity contribution in [1.29, 1.82) is 0 Å². The fourth-order valence-corrected chi connectivity index (χ4v) is 0.902. The third kappa shape index (κ3) is 1.67. The van der Waals surface area contributed by atoms with Gasteiger partial charge in [-0.3, -0.25) is 9.59 Å². The van der Waals surface area contributed by atoms with E-state index < -0.39 is 5.78 Å². The molecule has 0 N–H and O–H groups in total. The highest BCUT2D eigenvalue weighted by molar-refractivity contribution is 6.32. The molecule has 11 heavy (non-hydrogen) atoms. The number of allylic oxidation sites excluding steroid dienone is 1. The number of hydrogen-bond acceptors (Lipinski definition) is 3. The fourth-order valence-electron chi connectivity index (χ4n) is 0.902. The Hall–Kier alpha value is -1.12. The van der Waals surface area contributed by atoms with E-state index in [0.717, 1.165) is 0 Å². The van der Waals surface area contributed by atoms with Crippen LogP contribution in [0.15, 0.2) is 11.8 Å². The Morgan fingerprint density at radius 3 is 2.73 bits per heavy atom. The molecule has 0 saturated carbocycles. The Morgan fingerprint density at radius 2 is 2.36 bits per heavy atom. The second kappa shape index (κ2) is 2.49. The van der Waals surface area contributed by atoms with Gasteiger partial charge in [0.1, 0.15) is 0 Å². The van der Waals surface area contributed by atoms with Crippen LogP contribution in [0.5, 0.6) is 0 Å². The molecule has 1 aliphatic rings. The number of Topliss-reactive ketones (excluding diaryl/α,β-unsaturated/α-hetero) is 1. The first-order valence-electron chi connectivity index (χ1n) is 3.40.